The average Bonchev–Trinajstić information content (AvgIpc) is 3.31. The Morgan fingerprint density at radius 1 is 0.878 bits per heavy atom. The predicted octanol–water partition coefficient (Wildman–Crippen LogP) is 7.81. The van der Waals surface area contributed by atoms with Gasteiger partial charge in [0.25, 0.3) is 11.1 Å². The van der Waals surface area contributed by atoms with Gasteiger partial charge in [0.15, 0.2) is 5.79 Å². The fourth-order valence-corrected chi connectivity index (χ4v) is 9.61. The number of benzene rings is 1. The SMILES string of the molecule is CC1(C)COC2(CCC3=C4C(CC[C@@]3(O)C2)C2CC[C@H](O)[C@@]2(C)C[C@@H]4c2ccc(OS(=O)C(F)(F)C(F)(F)C(F)(F)C(F)(F)F)cc2)OC1. The monoisotopic (exact) mass is 734 g/mol. The minimum Gasteiger partial charge on any atom is -0.396 e. The molecule has 3 saturated carbocycles. The quantitative estimate of drug-likeness (QED) is 0.229. The van der Waals surface area contributed by atoms with E-state index in [9.17, 15) is 53.9 Å². The van der Waals surface area contributed by atoms with E-state index in [4.69, 9.17) is 9.47 Å². The summed E-state index contributed by atoms with van der Waals surface area (Å²) in [6.45, 7) is 6.98. The largest absolute Gasteiger partial charge is 0.460 e. The third-order valence-corrected chi connectivity index (χ3v) is 12.6. The van der Waals surface area contributed by atoms with E-state index in [0.29, 0.717) is 57.3 Å². The molecule has 6 nitrogen and oxygen atoms in total. The summed E-state index contributed by atoms with van der Waals surface area (Å²) in [5, 5.41) is 16.9. The first-order chi connectivity index (χ1) is 22.4. The Labute approximate surface area is 280 Å². The molecule has 7 atom stereocenters. The third-order valence-electron chi connectivity index (χ3n) is 11.6. The van der Waals surface area contributed by atoms with E-state index in [1.807, 2.05) is 20.8 Å². The van der Waals surface area contributed by atoms with Crippen LogP contribution in [-0.4, -0.2) is 68.4 Å². The lowest BCUT2D eigenvalue weighted by atomic mass is 9.51. The van der Waals surface area contributed by atoms with Crippen molar-refractivity contribution in [3.8, 4) is 5.75 Å². The van der Waals surface area contributed by atoms with Gasteiger partial charge in [0.05, 0.1) is 24.9 Å². The molecular weight excluding hydrogens is 695 g/mol. The smallest absolute Gasteiger partial charge is 0.396 e. The highest BCUT2D eigenvalue weighted by molar-refractivity contribution is 7.81. The Kier molecular flexibility index (Phi) is 8.70. The van der Waals surface area contributed by atoms with Gasteiger partial charge in [-0.05, 0) is 79.0 Å². The van der Waals surface area contributed by atoms with Crippen LogP contribution in [-0.2, 0) is 20.6 Å². The molecule has 1 heterocycles. The van der Waals surface area contributed by atoms with Crippen LogP contribution in [0.4, 0.5) is 39.5 Å². The maximum Gasteiger partial charge on any atom is 0.460 e. The van der Waals surface area contributed by atoms with E-state index in [-0.39, 0.29) is 23.7 Å². The van der Waals surface area contributed by atoms with E-state index in [0.717, 1.165) is 29.7 Å². The summed E-state index contributed by atoms with van der Waals surface area (Å²) in [4.78, 5) is 0. The van der Waals surface area contributed by atoms with Crippen LogP contribution in [0, 0.1) is 22.7 Å². The van der Waals surface area contributed by atoms with Crippen molar-refractivity contribution in [3.05, 3.63) is 41.0 Å². The molecule has 16 heteroatoms. The summed E-state index contributed by atoms with van der Waals surface area (Å²) < 4.78 is 149. The van der Waals surface area contributed by atoms with E-state index in [1.165, 1.54) is 12.1 Å². The van der Waals surface area contributed by atoms with Crippen LogP contribution in [0.3, 0.4) is 0 Å². The molecule has 3 unspecified atom stereocenters. The van der Waals surface area contributed by atoms with Crippen LogP contribution >= 0.6 is 0 Å². The topological polar surface area (TPSA) is 85.2 Å². The lowest BCUT2D eigenvalue weighted by molar-refractivity contribution is -0.382. The van der Waals surface area contributed by atoms with Gasteiger partial charge in [-0.2, -0.15) is 39.5 Å². The van der Waals surface area contributed by atoms with Crippen molar-refractivity contribution < 1.29 is 67.6 Å². The average molecular weight is 735 g/mol. The first kappa shape index (κ1) is 36.9. The van der Waals surface area contributed by atoms with Crippen molar-refractivity contribution in [2.45, 2.75) is 119 Å². The molecule has 0 bridgehead atoms. The number of aliphatic hydroxyl groups excluding tert-OH is 1. The molecule has 276 valence electrons. The Balaban J connectivity index is 1.30. The zero-order valence-corrected chi connectivity index (χ0v) is 27.8. The highest BCUT2D eigenvalue weighted by atomic mass is 32.2. The first-order valence-corrected chi connectivity index (χ1v) is 17.3. The molecule has 5 aliphatic rings. The summed E-state index contributed by atoms with van der Waals surface area (Å²) in [5.41, 5.74) is 0.480. The van der Waals surface area contributed by atoms with E-state index < -0.39 is 68.9 Å². The minimum absolute atomic E-state index is 0.00277. The summed E-state index contributed by atoms with van der Waals surface area (Å²) in [6, 6.07) is 4.72. The third kappa shape index (κ3) is 5.73. The molecule has 6 rings (SSSR count). The standard InChI is InChI=1S/C33H39F9O6S/c1-26(2)16-46-29(47-17-26)13-11-23-25-20(10-12-28(23,44)15-29)22-8-9-24(43)27(22,3)14-21(25)18-4-6-19(7-5-18)48-49(45)33(41,42)31(36,37)30(34,35)32(38,39)40/h4-7,20-22,24,43-44H,8-17H2,1-3H3/t20?,21-,22?,24+,27+,28-,49?/m1/s1. The minimum atomic E-state index is -7.20. The van der Waals surface area contributed by atoms with Crippen molar-refractivity contribution >= 4 is 11.1 Å². The number of fused-ring (bicyclic) bond motifs is 4. The first-order valence-electron chi connectivity index (χ1n) is 16.2. The van der Waals surface area contributed by atoms with Gasteiger partial charge in [-0.15, -0.1) is 0 Å². The van der Waals surface area contributed by atoms with Gasteiger partial charge in [0.1, 0.15) is 5.75 Å². The summed E-state index contributed by atoms with van der Waals surface area (Å²) >= 11 is -4.65. The zero-order chi connectivity index (χ0) is 36.2. The molecule has 2 N–H and O–H groups in total. The highest BCUT2D eigenvalue weighted by Gasteiger charge is 2.84. The predicted molar refractivity (Wildman–Crippen MR) is 157 cm³/mol. The Morgan fingerprint density at radius 2 is 1.49 bits per heavy atom. The molecule has 0 aromatic heterocycles. The van der Waals surface area contributed by atoms with E-state index in [2.05, 4.69) is 4.18 Å². The van der Waals surface area contributed by atoms with Gasteiger partial charge in [0, 0.05) is 24.2 Å². The second-order valence-corrected chi connectivity index (χ2v) is 16.6. The molecule has 0 amide bonds. The van der Waals surface area contributed by atoms with Crippen LogP contribution in [0.15, 0.2) is 35.4 Å². The fraction of sp³-hybridized carbons (Fsp3) is 0.758. The number of allylic oxidation sites excluding steroid dienone is 1. The van der Waals surface area contributed by atoms with E-state index in [1.54, 1.807) is 0 Å². The van der Waals surface area contributed by atoms with Crippen LogP contribution in [0.5, 0.6) is 5.75 Å². The van der Waals surface area contributed by atoms with Gasteiger partial charge in [-0.1, -0.05) is 38.5 Å². The molecule has 1 aliphatic heterocycles. The Hall–Kier alpha value is -1.88. The van der Waals surface area contributed by atoms with Crippen molar-refractivity contribution in [2.75, 3.05) is 13.2 Å². The van der Waals surface area contributed by atoms with Gasteiger partial charge in [-0.3, -0.25) is 0 Å². The van der Waals surface area contributed by atoms with Crippen molar-refractivity contribution in [3.63, 3.8) is 0 Å². The molecule has 1 aromatic rings. The van der Waals surface area contributed by atoms with E-state index >= 15 is 0 Å². The van der Waals surface area contributed by atoms with Gasteiger partial charge in [0.2, 0.25) is 0 Å². The number of hydrogen-bond acceptors (Lipinski definition) is 6. The normalized spacial score (nSPS) is 35.4. The number of hydrogen-bond donors (Lipinski definition) is 2. The summed E-state index contributed by atoms with van der Waals surface area (Å²) in [5.74, 6) is -16.3. The molecule has 49 heavy (non-hydrogen) atoms. The van der Waals surface area contributed by atoms with Gasteiger partial charge < -0.3 is 23.9 Å². The Bertz CT molecular complexity index is 1500. The van der Waals surface area contributed by atoms with Crippen LogP contribution in [0.2, 0.25) is 0 Å². The number of aliphatic hydroxyl groups is 2. The van der Waals surface area contributed by atoms with Crippen molar-refractivity contribution in [2.24, 2.45) is 22.7 Å². The second-order valence-electron chi connectivity index (χ2n) is 15.5. The van der Waals surface area contributed by atoms with Crippen LogP contribution < -0.4 is 4.18 Å². The molecule has 1 spiro atoms. The number of alkyl halides is 9. The van der Waals surface area contributed by atoms with Gasteiger partial charge >= 0.3 is 23.3 Å². The lowest BCUT2D eigenvalue weighted by Crippen LogP contribution is -2.62. The zero-order valence-electron chi connectivity index (χ0n) is 27.0. The molecule has 1 saturated heterocycles. The lowest BCUT2D eigenvalue weighted by Gasteiger charge is -2.57. The van der Waals surface area contributed by atoms with Gasteiger partial charge in [-0.25, -0.2) is 4.21 Å². The van der Waals surface area contributed by atoms with Crippen molar-refractivity contribution in [1.29, 1.82) is 0 Å². The number of halogens is 9. The molecule has 4 fully saturated rings. The fourth-order valence-electron chi connectivity index (χ4n) is 8.89. The molecule has 0 radical (unpaired) electrons. The molecule has 4 aliphatic carbocycles. The molecule has 1 aromatic carbocycles. The van der Waals surface area contributed by atoms with Crippen LogP contribution in [0.25, 0.3) is 0 Å². The maximum atomic E-state index is 14.2. The number of ether oxygens (including phenoxy) is 2. The summed E-state index contributed by atoms with van der Waals surface area (Å²) in [6.07, 6.45) is -3.60. The van der Waals surface area contributed by atoms with Crippen LogP contribution in [0.1, 0.15) is 83.6 Å². The van der Waals surface area contributed by atoms with Crippen molar-refractivity contribution in [1.82, 2.24) is 0 Å². The summed E-state index contributed by atoms with van der Waals surface area (Å²) in [7, 11) is 0. The molecular formula is C33H39F9O6S. The Morgan fingerprint density at radius 3 is 2.08 bits per heavy atom. The highest BCUT2D eigenvalue weighted by Crippen LogP contribution is 2.65. The second kappa shape index (κ2) is 11.6. The maximum absolute atomic E-state index is 14.2. The number of rotatable bonds is 6.